The Bertz CT molecular complexity index is 1440. The van der Waals surface area contributed by atoms with E-state index in [0.717, 1.165) is 75.4 Å². The first-order valence-corrected chi connectivity index (χ1v) is 15.1. The van der Waals surface area contributed by atoms with Crippen LogP contribution in [-0.2, 0) is 11.0 Å². The number of carbonyl (C=O) groups is 3. The number of anilines is 1. The molecule has 2 heterocycles. The molecule has 2 aromatic carbocycles. The first-order valence-electron chi connectivity index (χ1n) is 14.3. The minimum Gasteiger partial charge on any atom is -0.352 e. The Balaban J connectivity index is 1.36. The van der Waals surface area contributed by atoms with Gasteiger partial charge in [0.15, 0.2) is 0 Å². The van der Waals surface area contributed by atoms with E-state index in [2.05, 4.69) is 15.5 Å². The fourth-order valence-corrected chi connectivity index (χ4v) is 6.14. The monoisotopic (exact) mass is 634 g/mol. The molecule has 44 heavy (non-hydrogen) atoms. The topological polar surface area (TPSA) is 109 Å². The third-order valence-electron chi connectivity index (χ3n) is 7.60. The van der Waals surface area contributed by atoms with Crippen LogP contribution < -0.4 is 15.5 Å². The molecule has 0 saturated carbocycles. The van der Waals surface area contributed by atoms with Gasteiger partial charge in [0.2, 0.25) is 0 Å². The summed E-state index contributed by atoms with van der Waals surface area (Å²) >= 11 is 0.473. The summed E-state index contributed by atoms with van der Waals surface area (Å²) in [6.07, 6.45) is -1.02. The van der Waals surface area contributed by atoms with Crippen molar-refractivity contribution in [3.05, 3.63) is 58.9 Å². The van der Waals surface area contributed by atoms with Crippen LogP contribution in [0.5, 0.6) is 0 Å². The lowest BCUT2D eigenvalue weighted by Crippen LogP contribution is -2.44. The van der Waals surface area contributed by atoms with E-state index in [9.17, 15) is 27.6 Å². The molecule has 2 N–H and O–H groups in total. The number of nitrogens with zero attached hydrogens (tertiary/aromatic N) is 4. The number of rotatable bonds is 11. The van der Waals surface area contributed by atoms with Gasteiger partial charge in [-0.1, -0.05) is 12.8 Å². The number of nitriles is 1. The molecule has 0 radical (unpaired) electrons. The molecule has 0 spiro atoms. The molecule has 4 rings (SSSR count). The van der Waals surface area contributed by atoms with E-state index >= 15 is 4.39 Å². The van der Waals surface area contributed by atoms with Crippen molar-refractivity contribution in [3.8, 4) is 6.07 Å². The number of nitrogens with one attached hydrogen (secondary N) is 2. The van der Waals surface area contributed by atoms with Gasteiger partial charge in [-0.25, -0.2) is 9.18 Å². The summed E-state index contributed by atoms with van der Waals surface area (Å²) in [6, 6.07) is 7.01. The second kappa shape index (κ2) is 14.0. The lowest BCUT2D eigenvalue weighted by Gasteiger charge is -2.27. The number of hydrogen-bond acceptors (Lipinski definition) is 7. The van der Waals surface area contributed by atoms with Gasteiger partial charge in [-0.15, -0.1) is 0 Å². The molecule has 2 aliphatic heterocycles. The number of piperazine rings is 1. The molecule has 0 aromatic heterocycles. The molecule has 2 aromatic rings. The van der Waals surface area contributed by atoms with Crippen LogP contribution in [-0.4, -0.2) is 71.9 Å². The van der Waals surface area contributed by atoms with Crippen LogP contribution in [0.1, 0.15) is 61.0 Å². The second-order valence-corrected chi connectivity index (χ2v) is 12.1. The van der Waals surface area contributed by atoms with Gasteiger partial charge in [-0.05, 0) is 81.6 Å². The van der Waals surface area contributed by atoms with Crippen LogP contribution in [0, 0.1) is 17.1 Å². The van der Waals surface area contributed by atoms with Gasteiger partial charge in [-0.2, -0.15) is 22.7 Å². The van der Waals surface area contributed by atoms with E-state index in [1.54, 1.807) is 0 Å². The van der Waals surface area contributed by atoms with Gasteiger partial charge in [0.05, 0.1) is 22.8 Å². The summed E-state index contributed by atoms with van der Waals surface area (Å²) < 4.78 is 56.1. The Morgan fingerprint density at radius 1 is 1.07 bits per heavy atom. The molecular formula is C30H34F4N6O3S. The molecule has 2 aliphatic rings. The summed E-state index contributed by atoms with van der Waals surface area (Å²) in [6.45, 7) is 8.44. The predicted molar refractivity (Wildman–Crippen MR) is 157 cm³/mol. The maximum atomic E-state index is 15.1. The molecule has 0 bridgehead atoms. The summed E-state index contributed by atoms with van der Waals surface area (Å²) in [5, 5.41) is 15.1. The van der Waals surface area contributed by atoms with Gasteiger partial charge in [0.1, 0.15) is 11.4 Å². The van der Waals surface area contributed by atoms with Crippen molar-refractivity contribution < 1.29 is 31.9 Å². The maximum absolute atomic E-state index is 15.1. The molecule has 0 aliphatic carbocycles. The number of benzene rings is 2. The van der Waals surface area contributed by atoms with Crippen LogP contribution >= 0.6 is 11.9 Å². The Labute approximate surface area is 257 Å². The molecular weight excluding hydrogens is 600 g/mol. The van der Waals surface area contributed by atoms with Crippen LogP contribution in [0.15, 0.2) is 41.3 Å². The van der Waals surface area contributed by atoms with Crippen LogP contribution in [0.2, 0.25) is 0 Å². The molecule has 2 fully saturated rings. The van der Waals surface area contributed by atoms with Crippen molar-refractivity contribution in [1.29, 1.82) is 5.26 Å². The van der Waals surface area contributed by atoms with Crippen molar-refractivity contribution in [2.24, 2.45) is 0 Å². The summed E-state index contributed by atoms with van der Waals surface area (Å²) in [5.74, 6) is -2.22. The summed E-state index contributed by atoms with van der Waals surface area (Å²) in [4.78, 5) is 42.5. The molecule has 0 atom stereocenters. The molecule has 0 unspecified atom stereocenters. The normalized spacial score (nSPS) is 17.2. The zero-order valence-electron chi connectivity index (χ0n) is 24.5. The zero-order chi connectivity index (χ0) is 32.1. The zero-order valence-corrected chi connectivity index (χ0v) is 25.3. The number of unbranched alkanes of at least 4 members (excludes halogenated alkanes) is 3. The van der Waals surface area contributed by atoms with E-state index < -0.39 is 46.5 Å². The van der Waals surface area contributed by atoms with Crippen molar-refractivity contribution in [2.45, 2.75) is 56.1 Å². The molecule has 2 saturated heterocycles. The predicted octanol–water partition coefficient (Wildman–Crippen LogP) is 5.17. The number of amides is 4. The lowest BCUT2D eigenvalue weighted by atomic mass is 10.0. The Hall–Kier alpha value is -3.67. The maximum Gasteiger partial charge on any atom is 0.417 e. The average Bonchev–Trinajstić information content (AvgIpc) is 3.15. The van der Waals surface area contributed by atoms with Gasteiger partial charge < -0.3 is 15.5 Å². The minimum absolute atomic E-state index is 0.00537. The largest absolute Gasteiger partial charge is 0.417 e. The highest BCUT2D eigenvalue weighted by atomic mass is 32.2. The number of urea groups is 1. The lowest BCUT2D eigenvalue weighted by molar-refractivity contribution is -0.138. The van der Waals surface area contributed by atoms with E-state index in [0.29, 0.717) is 28.9 Å². The molecule has 14 heteroatoms. The number of alkyl halides is 3. The van der Waals surface area contributed by atoms with Crippen LogP contribution in [0.3, 0.4) is 0 Å². The molecule has 9 nitrogen and oxygen atoms in total. The molecule has 236 valence electrons. The summed E-state index contributed by atoms with van der Waals surface area (Å²) in [5.41, 5.74) is -3.51. The Kier molecular flexibility index (Phi) is 10.5. The number of carbonyl (C=O) groups excluding carboxylic acids is 3. The summed E-state index contributed by atoms with van der Waals surface area (Å²) in [7, 11) is 0. The fraction of sp³-hybridized carbons (Fsp3) is 0.467. The standard InChI is InChI=1S/C30H34F4N6O3S/c1-29(2)27(42)40(44-22-9-7-20(19-35)24(18-22)30(32,33)34)28(43)39(29)21-8-10-23(25(31)17-21)26(41)37-11-5-3-4-6-14-38-15-12-36-13-16-38/h7-10,17-18,36H,3-6,11-16H2,1-2H3,(H,37,41). The van der Waals surface area contributed by atoms with Gasteiger partial charge in [0, 0.05) is 43.3 Å². The van der Waals surface area contributed by atoms with Crippen LogP contribution in [0.4, 0.5) is 28.0 Å². The fourth-order valence-electron chi connectivity index (χ4n) is 5.17. The average molecular weight is 635 g/mol. The van der Waals surface area contributed by atoms with E-state index in [1.165, 1.54) is 38.1 Å². The van der Waals surface area contributed by atoms with E-state index in [-0.39, 0.29) is 16.1 Å². The van der Waals surface area contributed by atoms with E-state index in [4.69, 9.17) is 5.26 Å². The highest BCUT2D eigenvalue weighted by Crippen LogP contribution is 2.41. The van der Waals surface area contributed by atoms with Crippen molar-refractivity contribution in [3.63, 3.8) is 0 Å². The quantitative estimate of drug-likeness (QED) is 0.152. The third-order valence-corrected chi connectivity index (χ3v) is 8.57. The second-order valence-electron chi connectivity index (χ2n) is 11.1. The number of halogens is 4. The first-order chi connectivity index (χ1) is 20.8. The van der Waals surface area contributed by atoms with Crippen molar-refractivity contribution in [1.82, 2.24) is 19.8 Å². The highest BCUT2D eigenvalue weighted by molar-refractivity contribution is 7.98. The Morgan fingerprint density at radius 2 is 1.77 bits per heavy atom. The Morgan fingerprint density at radius 3 is 2.43 bits per heavy atom. The SMILES string of the molecule is CC1(C)C(=O)N(Sc2ccc(C#N)c(C(F)(F)F)c2)C(=O)N1c1ccc(C(=O)NCCCCCCN2CCNCC2)c(F)c1. The van der Waals surface area contributed by atoms with Gasteiger partial charge >= 0.3 is 12.2 Å². The van der Waals surface area contributed by atoms with Crippen molar-refractivity contribution >= 4 is 35.5 Å². The minimum atomic E-state index is -4.82. The molecule has 4 amide bonds. The third kappa shape index (κ3) is 7.51. The number of hydrogen-bond donors (Lipinski definition) is 2. The number of imide groups is 1. The highest BCUT2D eigenvalue weighted by Gasteiger charge is 2.53. The van der Waals surface area contributed by atoms with Gasteiger partial charge in [-0.3, -0.25) is 14.5 Å². The van der Waals surface area contributed by atoms with Gasteiger partial charge in [0.25, 0.3) is 11.8 Å². The smallest absolute Gasteiger partial charge is 0.352 e. The van der Waals surface area contributed by atoms with E-state index in [1.807, 2.05) is 0 Å². The first kappa shape index (κ1) is 33.2. The van der Waals surface area contributed by atoms with Crippen molar-refractivity contribution in [2.75, 3.05) is 44.2 Å². The van der Waals surface area contributed by atoms with Crippen LogP contribution in [0.25, 0.3) is 0 Å².